The molecule has 1 amide bonds. The van der Waals surface area contributed by atoms with E-state index >= 15 is 0 Å². The number of hydrogen-bond donors (Lipinski definition) is 1. The number of aliphatic hydroxyl groups is 1. The zero-order valence-electron chi connectivity index (χ0n) is 11.9. The van der Waals surface area contributed by atoms with E-state index in [1.54, 1.807) is 6.92 Å². The minimum Gasteiger partial charge on any atom is -0.465 e. The molecule has 1 aliphatic rings. The van der Waals surface area contributed by atoms with Crippen molar-refractivity contribution in [3.05, 3.63) is 0 Å². The van der Waals surface area contributed by atoms with Crippen molar-refractivity contribution in [1.29, 1.82) is 0 Å². The van der Waals surface area contributed by atoms with E-state index in [0.29, 0.717) is 19.7 Å². The molecule has 1 N–H and O–H groups in total. The van der Waals surface area contributed by atoms with E-state index in [1.165, 1.54) is 4.90 Å². The number of nitrogens with zero attached hydrogens (tertiary/aromatic N) is 1. The molecule has 0 bridgehead atoms. The molecule has 1 rings (SSSR count). The van der Waals surface area contributed by atoms with Gasteiger partial charge in [-0.3, -0.25) is 9.59 Å². The number of esters is 1. The summed E-state index contributed by atoms with van der Waals surface area (Å²) in [6.07, 6.45) is 3.91. The number of amides is 1. The lowest BCUT2D eigenvalue weighted by atomic mass is 10.1. The average Bonchev–Trinajstić information content (AvgIpc) is 2.70. The van der Waals surface area contributed by atoms with Crippen LogP contribution in [-0.2, 0) is 14.3 Å². The van der Waals surface area contributed by atoms with E-state index in [9.17, 15) is 14.7 Å². The SMILES string of the molecule is CCCCCCOC(=O)C1CC(=O)N(CC(C)O)C1. The highest BCUT2D eigenvalue weighted by molar-refractivity contribution is 5.86. The van der Waals surface area contributed by atoms with E-state index in [4.69, 9.17) is 4.74 Å². The van der Waals surface area contributed by atoms with Gasteiger partial charge >= 0.3 is 5.97 Å². The Hall–Kier alpha value is -1.10. The fourth-order valence-corrected chi connectivity index (χ4v) is 2.24. The molecule has 1 saturated heterocycles. The lowest BCUT2D eigenvalue weighted by molar-refractivity contribution is -0.148. The average molecular weight is 271 g/mol. The van der Waals surface area contributed by atoms with Gasteiger partial charge < -0.3 is 14.7 Å². The fraction of sp³-hybridized carbons (Fsp3) is 0.857. The molecule has 0 radical (unpaired) electrons. The number of ether oxygens (including phenoxy) is 1. The van der Waals surface area contributed by atoms with Crippen molar-refractivity contribution in [3.8, 4) is 0 Å². The number of β-amino-alcohol motifs (C(OH)–C–C–N with tert-alkyl or cyclic N) is 1. The van der Waals surface area contributed by atoms with Crippen LogP contribution in [0.4, 0.5) is 0 Å². The molecule has 0 aromatic rings. The van der Waals surface area contributed by atoms with E-state index in [2.05, 4.69) is 6.92 Å². The second-order valence-corrected chi connectivity index (χ2v) is 5.28. The van der Waals surface area contributed by atoms with Crippen LogP contribution in [0, 0.1) is 5.92 Å². The van der Waals surface area contributed by atoms with Gasteiger partial charge in [-0.15, -0.1) is 0 Å². The summed E-state index contributed by atoms with van der Waals surface area (Å²) in [5.41, 5.74) is 0. The monoisotopic (exact) mass is 271 g/mol. The number of unbranched alkanes of at least 4 members (excludes halogenated alkanes) is 3. The van der Waals surface area contributed by atoms with Crippen molar-refractivity contribution in [2.45, 2.75) is 52.1 Å². The molecule has 110 valence electrons. The molecule has 0 saturated carbocycles. The molecule has 19 heavy (non-hydrogen) atoms. The van der Waals surface area contributed by atoms with Crippen LogP contribution >= 0.6 is 0 Å². The fourth-order valence-electron chi connectivity index (χ4n) is 2.24. The van der Waals surface area contributed by atoms with Crippen LogP contribution in [-0.4, -0.2) is 47.7 Å². The predicted molar refractivity (Wildman–Crippen MR) is 71.5 cm³/mol. The van der Waals surface area contributed by atoms with Gasteiger partial charge in [0.2, 0.25) is 5.91 Å². The normalized spacial score (nSPS) is 20.7. The predicted octanol–water partition coefficient (Wildman–Crippen LogP) is 1.34. The van der Waals surface area contributed by atoms with E-state index in [-0.39, 0.29) is 24.2 Å². The Morgan fingerprint density at radius 2 is 2.21 bits per heavy atom. The number of carbonyl (C=O) groups is 2. The highest BCUT2D eigenvalue weighted by Crippen LogP contribution is 2.19. The zero-order chi connectivity index (χ0) is 14.3. The van der Waals surface area contributed by atoms with Crippen molar-refractivity contribution in [1.82, 2.24) is 4.90 Å². The molecule has 2 atom stereocenters. The van der Waals surface area contributed by atoms with Crippen molar-refractivity contribution < 1.29 is 19.4 Å². The van der Waals surface area contributed by atoms with Gasteiger partial charge in [0.15, 0.2) is 0 Å². The first-order valence-corrected chi connectivity index (χ1v) is 7.17. The Labute approximate surface area is 114 Å². The van der Waals surface area contributed by atoms with Crippen molar-refractivity contribution >= 4 is 11.9 Å². The Balaban J connectivity index is 2.25. The van der Waals surface area contributed by atoms with Crippen molar-refractivity contribution in [3.63, 3.8) is 0 Å². The molecule has 1 fully saturated rings. The third-order valence-electron chi connectivity index (χ3n) is 3.27. The second-order valence-electron chi connectivity index (χ2n) is 5.28. The van der Waals surface area contributed by atoms with E-state index < -0.39 is 6.10 Å². The molecule has 5 heteroatoms. The molecular formula is C14H25NO4. The summed E-state index contributed by atoms with van der Waals surface area (Å²) in [4.78, 5) is 25.0. The summed E-state index contributed by atoms with van der Waals surface area (Å²) in [5, 5.41) is 9.27. The third-order valence-corrected chi connectivity index (χ3v) is 3.27. The molecule has 0 spiro atoms. The number of aliphatic hydroxyl groups excluding tert-OH is 1. The number of rotatable bonds is 8. The highest BCUT2D eigenvalue weighted by Gasteiger charge is 2.35. The van der Waals surface area contributed by atoms with Crippen LogP contribution in [0.3, 0.4) is 0 Å². The molecule has 1 heterocycles. The number of carbonyl (C=O) groups excluding carboxylic acids is 2. The van der Waals surface area contributed by atoms with Crippen LogP contribution < -0.4 is 0 Å². The molecule has 0 aromatic heterocycles. The molecule has 0 aromatic carbocycles. The minimum absolute atomic E-state index is 0.0752. The van der Waals surface area contributed by atoms with Crippen LogP contribution in [0.25, 0.3) is 0 Å². The van der Waals surface area contributed by atoms with Crippen LogP contribution in [0.2, 0.25) is 0 Å². The van der Waals surface area contributed by atoms with Crippen LogP contribution in [0.15, 0.2) is 0 Å². The maximum atomic E-state index is 11.8. The Kier molecular flexibility index (Phi) is 6.84. The largest absolute Gasteiger partial charge is 0.465 e. The molecule has 0 aliphatic carbocycles. The number of hydrogen-bond acceptors (Lipinski definition) is 4. The topological polar surface area (TPSA) is 66.8 Å². The summed E-state index contributed by atoms with van der Waals surface area (Å²) in [5.74, 6) is -0.718. The molecule has 2 unspecified atom stereocenters. The Bertz CT molecular complexity index is 304. The van der Waals surface area contributed by atoms with Gasteiger partial charge in [0.05, 0.1) is 18.6 Å². The van der Waals surface area contributed by atoms with Gasteiger partial charge in [-0.05, 0) is 13.3 Å². The number of likely N-dealkylation sites (tertiary alicyclic amines) is 1. The molecule has 5 nitrogen and oxygen atoms in total. The maximum absolute atomic E-state index is 11.8. The second kappa shape index (κ2) is 8.15. The first-order chi connectivity index (χ1) is 9.04. The van der Waals surface area contributed by atoms with Crippen molar-refractivity contribution in [2.75, 3.05) is 19.7 Å². The summed E-state index contributed by atoms with van der Waals surface area (Å²) in [6.45, 7) is 4.87. The minimum atomic E-state index is -0.562. The zero-order valence-corrected chi connectivity index (χ0v) is 11.9. The van der Waals surface area contributed by atoms with E-state index in [0.717, 1.165) is 25.7 Å². The summed E-state index contributed by atoms with van der Waals surface area (Å²) < 4.78 is 5.19. The first-order valence-electron chi connectivity index (χ1n) is 7.17. The molecular weight excluding hydrogens is 246 g/mol. The Morgan fingerprint density at radius 1 is 1.47 bits per heavy atom. The Morgan fingerprint density at radius 3 is 2.84 bits per heavy atom. The van der Waals surface area contributed by atoms with Crippen LogP contribution in [0.5, 0.6) is 0 Å². The van der Waals surface area contributed by atoms with E-state index in [1.807, 2.05) is 0 Å². The van der Waals surface area contributed by atoms with Crippen molar-refractivity contribution in [2.24, 2.45) is 5.92 Å². The quantitative estimate of drug-likeness (QED) is 0.534. The first kappa shape index (κ1) is 16.0. The third kappa shape index (κ3) is 5.59. The van der Waals surface area contributed by atoms with Crippen LogP contribution in [0.1, 0.15) is 46.0 Å². The highest BCUT2D eigenvalue weighted by atomic mass is 16.5. The maximum Gasteiger partial charge on any atom is 0.311 e. The standard InChI is InChI=1S/C14H25NO4/c1-3-4-5-6-7-19-14(18)12-8-13(17)15(10-12)9-11(2)16/h11-12,16H,3-10H2,1-2H3. The van der Waals surface area contributed by atoms with Gasteiger partial charge in [-0.1, -0.05) is 26.2 Å². The van der Waals surface area contributed by atoms with Gasteiger partial charge in [-0.25, -0.2) is 0 Å². The van der Waals surface area contributed by atoms with Gasteiger partial charge in [0.1, 0.15) is 0 Å². The molecule has 1 aliphatic heterocycles. The van der Waals surface area contributed by atoms with Gasteiger partial charge in [0, 0.05) is 19.5 Å². The van der Waals surface area contributed by atoms with Gasteiger partial charge in [0.25, 0.3) is 0 Å². The lowest BCUT2D eigenvalue weighted by Crippen LogP contribution is -2.33. The summed E-state index contributed by atoms with van der Waals surface area (Å²) >= 11 is 0. The van der Waals surface area contributed by atoms with Gasteiger partial charge in [-0.2, -0.15) is 0 Å². The lowest BCUT2D eigenvalue weighted by Gasteiger charge is -2.17. The summed E-state index contributed by atoms with van der Waals surface area (Å²) in [6, 6.07) is 0. The summed E-state index contributed by atoms with van der Waals surface area (Å²) in [7, 11) is 0. The smallest absolute Gasteiger partial charge is 0.311 e.